The summed E-state index contributed by atoms with van der Waals surface area (Å²) in [5.74, 6) is 2.33. The molecular formula is C20H16ClNO4. The number of rotatable bonds is 6. The topological polar surface area (TPSA) is 61.6 Å². The maximum Gasteiger partial charge on any atom is 0.201 e. The van der Waals surface area contributed by atoms with E-state index in [1.165, 1.54) is 6.20 Å². The minimum absolute atomic E-state index is 0.192. The summed E-state index contributed by atoms with van der Waals surface area (Å²) in [4.78, 5) is 13.1. The van der Waals surface area contributed by atoms with Gasteiger partial charge in [0.25, 0.3) is 0 Å². The number of ether oxygens (including phenoxy) is 2. The quantitative estimate of drug-likeness (QED) is 0.556. The van der Waals surface area contributed by atoms with Crippen molar-refractivity contribution in [1.29, 1.82) is 0 Å². The average molecular weight is 370 g/mol. The summed E-state index contributed by atoms with van der Waals surface area (Å²) < 4.78 is 16.4. The van der Waals surface area contributed by atoms with Gasteiger partial charge in [-0.05, 0) is 37.1 Å². The molecule has 0 atom stereocenters. The van der Waals surface area contributed by atoms with Gasteiger partial charge in [-0.1, -0.05) is 22.8 Å². The zero-order valence-electron chi connectivity index (χ0n) is 14.1. The number of hydrogen-bond donors (Lipinski definition) is 0. The van der Waals surface area contributed by atoms with E-state index in [1.807, 2.05) is 12.1 Å². The minimum atomic E-state index is -0.192. The van der Waals surface area contributed by atoms with E-state index in [0.29, 0.717) is 39.2 Å². The van der Waals surface area contributed by atoms with Crippen LogP contribution in [-0.4, -0.2) is 18.0 Å². The van der Waals surface area contributed by atoms with Gasteiger partial charge in [0.05, 0.1) is 24.4 Å². The lowest BCUT2D eigenvalue weighted by Gasteiger charge is -2.12. The fourth-order valence-corrected chi connectivity index (χ4v) is 2.93. The van der Waals surface area contributed by atoms with Crippen LogP contribution < -0.4 is 9.47 Å². The monoisotopic (exact) mass is 369 g/mol. The zero-order chi connectivity index (χ0) is 18.1. The summed E-state index contributed by atoms with van der Waals surface area (Å²) in [7, 11) is 1.58. The highest BCUT2D eigenvalue weighted by Crippen LogP contribution is 2.42. The highest BCUT2D eigenvalue weighted by Gasteiger charge is 2.33. The van der Waals surface area contributed by atoms with Crippen LogP contribution >= 0.6 is 11.6 Å². The summed E-state index contributed by atoms with van der Waals surface area (Å²) >= 11 is 6.12. The Morgan fingerprint density at radius 2 is 1.96 bits per heavy atom. The third-order valence-electron chi connectivity index (χ3n) is 4.25. The summed E-state index contributed by atoms with van der Waals surface area (Å²) in [6.07, 6.45) is 3.51. The molecule has 1 heterocycles. The normalized spacial score (nSPS) is 13.5. The fourth-order valence-electron chi connectivity index (χ4n) is 2.76. The van der Waals surface area contributed by atoms with Crippen LogP contribution in [-0.2, 0) is 0 Å². The van der Waals surface area contributed by atoms with Gasteiger partial charge in [0.15, 0.2) is 5.76 Å². The second kappa shape index (κ2) is 6.84. The smallest absolute Gasteiger partial charge is 0.201 e. The molecule has 0 saturated heterocycles. The lowest BCUT2D eigenvalue weighted by atomic mass is 10.0. The van der Waals surface area contributed by atoms with Crippen molar-refractivity contribution in [3.63, 3.8) is 0 Å². The molecule has 1 saturated carbocycles. The van der Waals surface area contributed by atoms with Crippen LogP contribution in [0.4, 0.5) is 0 Å². The number of carbonyl (C=O) groups excluding carboxylic acids is 1. The molecule has 0 N–H and O–H groups in total. The van der Waals surface area contributed by atoms with Gasteiger partial charge >= 0.3 is 0 Å². The van der Waals surface area contributed by atoms with Gasteiger partial charge in [-0.25, -0.2) is 0 Å². The van der Waals surface area contributed by atoms with Crippen molar-refractivity contribution in [2.24, 2.45) is 0 Å². The lowest BCUT2D eigenvalue weighted by Crippen LogP contribution is -2.05. The maximum atomic E-state index is 13.1. The predicted octanol–water partition coefficient (Wildman–Crippen LogP) is 5.24. The Morgan fingerprint density at radius 3 is 2.73 bits per heavy atom. The molecule has 0 unspecified atom stereocenters. The number of hydrogen-bond acceptors (Lipinski definition) is 5. The third-order valence-corrected chi connectivity index (χ3v) is 4.48. The molecule has 0 aliphatic heterocycles. The van der Waals surface area contributed by atoms with Crippen molar-refractivity contribution in [3.8, 4) is 17.2 Å². The van der Waals surface area contributed by atoms with Crippen LogP contribution in [0.3, 0.4) is 0 Å². The van der Waals surface area contributed by atoms with Crippen molar-refractivity contribution in [2.75, 3.05) is 7.11 Å². The number of ketones is 1. The molecule has 0 spiro atoms. The van der Waals surface area contributed by atoms with E-state index < -0.39 is 0 Å². The Bertz CT molecular complexity index is 962. The largest absolute Gasteiger partial charge is 0.497 e. The van der Waals surface area contributed by atoms with E-state index in [4.69, 9.17) is 25.6 Å². The molecule has 26 heavy (non-hydrogen) atoms. The highest BCUT2D eigenvalue weighted by molar-refractivity contribution is 6.31. The molecule has 2 aromatic carbocycles. The van der Waals surface area contributed by atoms with Gasteiger partial charge in [-0.15, -0.1) is 0 Å². The van der Waals surface area contributed by atoms with Crippen molar-refractivity contribution >= 4 is 17.4 Å². The van der Waals surface area contributed by atoms with Gasteiger partial charge in [-0.2, -0.15) is 0 Å². The first-order valence-electron chi connectivity index (χ1n) is 8.26. The van der Waals surface area contributed by atoms with Gasteiger partial charge in [0.2, 0.25) is 5.78 Å². The molecule has 1 aliphatic carbocycles. The second-order valence-corrected chi connectivity index (χ2v) is 6.57. The van der Waals surface area contributed by atoms with Crippen LogP contribution in [0.5, 0.6) is 17.2 Å². The minimum Gasteiger partial charge on any atom is -0.497 e. The van der Waals surface area contributed by atoms with E-state index >= 15 is 0 Å². The molecule has 0 bridgehead atoms. The van der Waals surface area contributed by atoms with E-state index in [1.54, 1.807) is 37.4 Å². The van der Waals surface area contributed by atoms with Crippen LogP contribution in [0.2, 0.25) is 5.02 Å². The fraction of sp³-hybridized carbons (Fsp3) is 0.200. The zero-order valence-corrected chi connectivity index (χ0v) is 14.8. The molecule has 1 aromatic heterocycles. The van der Waals surface area contributed by atoms with Crippen molar-refractivity contribution < 1.29 is 18.8 Å². The predicted molar refractivity (Wildman–Crippen MR) is 96.4 cm³/mol. The number of halogens is 1. The van der Waals surface area contributed by atoms with Crippen molar-refractivity contribution in [3.05, 3.63) is 70.6 Å². The molecule has 5 nitrogen and oxygen atoms in total. The van der Waals surface area contributed by atoms with Crippen LogP contribution in [0, 0.1) is 0 Å². The first-order valence-corrected chi connectivity index (χ1v) is 8.64. The molecule has 132 valence electrons. The van der Waals surface area contributed by atoms with E-state index in [9.17, 15) is 4.79 Å². The first-order chi connectivity index (χ1) is 12.7. The Hall–Kier alpha value is -2.79. The number of methoxy groups -OCH3 is 1. The summed E-state index contributed by atoms with van der Waals surface area (Å²) in [5, 5.41) is 4.28. The van der Waals surface area contributed by atoms with E-state index in [-0.39, 0.29) is 11.7 Å². The van der Waals surface area contributed by atoms with E-state index in [2.05, 4.69) is 5.16 Å². The van der Waals surface area contributed by atoms with Crippen molar-refractivity contribution in [1.82, 2.24) is 5.16 Å². The first kappa shape index (κ1) is 16.7. The van der Waals surface area contributed by atoms with Crippen molar-refractivity contribution in [2.45, 2.75) is 18.8 Å². The van der Waals surface area contributed by atoms with Crippen LogP contribution in [0.25, 0.3) is 0 Å². The Kier molecular flexibility index (Phi) is 4.39. The highest BCUT2D eigenvalue weighted by atomic mass is 35.5. The van der Waals surface area contributed by atoms with Gasteiger partial charge < -0.3 is 14.0 Å². The Labute approximate surface area is 155 Å². The Balaban J connectivity index is 1.70. The number of benzene rings is 2. The van der Waals surface area contributed by atoms with Gasteiger partial charge in [0.1, 0.15) is 17.2 Å². The SMILES string of the molecule is COc1cccc(Oc2cc(Cl)ccc2C(=O)c2cnoc2C2CC2)c1. The van der Waals surface area contributed by atoms with Gasteiger partial charge in [-0.3, -0.25) is 4.79 Å². The van der Waals surface area contributed by atoms with Crippen LogP contribution in [0.15, 0.2) is 53.2 Å². The lowest BCUT2D eigenvalue weighted by molar-refractivity contribution is 0.103. The molecule has 4 rings (SSSR count). The summed E-state index contributed by atoms with van der Waals surface area (Å²) in [5.41, 5.74) is 0.882. The van der Waals surface area contributed by atoms with E-state index in [0.717, 1.165) is 12.8 Å². The summed E-state index contributed by atoms with van der Waals surface area (Å²) in [6, 6.07) is 12.1. The number of aromatic nitrogens is 1. The molecule has 3 aromatic rings. The Morgan fingerprint density at radius 1 is 1.15 bits per heavy atom. The number of nitrogens with zero attached hydrogens (tertiary/aromatic N) is 1. The third kappa shape index (κ3) is 3.30. The molecule has 1 aliphatic rings. The molecule has 1 fully saturated rings. The molecule has 0 amide bonds. The average Bonchev–Trinajstić information content (AvgIpc) is 3.38. The molecule has 0 radical (unpaired) electrons. The maximum absolute atomic E-state index is 13.1. The van der Waals surface area contributed by atoms with Crippen LogP contribution in [0.1, 0.15) is 40.4 Å². The molecular weight excluding hydrogens is 354 g/mol. The standard InChI is InChI=1S/C20H16ClNO4/c1-24-14-3-2-4-15(10-14)25-18-9-13(21)7-8-16(18)19(23)17-11-22-26-20(17)12-5-6-12/h2-4,7-12H,5-6H2,1H3. The molecule has 6 heteroatoms. The summed E-state index contributed by atoms with van der Waals surface area (Å²) in [6.45, 7) is 0. The second-order valence-electron chi connectivity index (χ2n) is 6.13. The number of carbonyl (C=O) groups is 1. The van der Waals surface area contributed by atoms with Gasteiger partial charge in [0, 0.05) is 23.1 Å².